The lowest BCUT2D eigenvalue weighted by atomic mass is 10.0. The molecule has 0 bridgehead atoms. The third kappa shape index (κ3) is 3.49. The average molecular weight is 328 g/mol. The summed E-state index contributed by atoms with van der Waals surface area (Å²) in [5.74, 6) is 0.824. The van der Waals surface area contributed by atoms with E-state index in [-0.39, 0.29) is 12.3 Å². The molecule has 6 nitrogen and oxygen atoms in total. The average Bonchev–Trinajstić information content (AvgIpc) is 2.90. The number of nitro groups is 1. The van der Waals surface area contributed by atoms with Crippen LogP contribution in [0.4, 0.5) is 11.4 Å². The first-order valence-corrected chi connectivity index (χ1v) is 7.94. The zero-order chi connectivity index (χ0) is 17.1. The minimum atomic E-state index is -0.678. The van der Waals surface area contributed by atoms with Crippen molar-refractivity contribution < 1.29 is 14.8 Å². The molecule has 0 fully saturated rings. The first-order chi connectivity index (χ1) is 11.5. The molecule has 1 aliphatic rings. The van der Waals surface area contributed by atoms with Gasteiger partial charge in [0.15, 0.2) is 0 Å². The van der Waals surface area contributed by atoms with Crippen LogP contribution in [0, 0.1) is 10.1 Å². The number of fused-ring (bicyclic) bond motifs is 1. The lowest BCUT2D eigenvalue weighted by Gasteiger charge is -2.23. The molecule has 2 aromatic rings. The number of hydrogen-bond acceptors (Lipinski definition) is 5. The van der Waals surface area contributed by atoms with Gasteiger partial charge in [0.25, 0.3) is 5.69 Å². The van der Waals surface area contributed by atoms with E-state index in [0.29, 0.717) is 18.2 Å². The molecular formula is C18H20N2O4. The summed E-state index contributed by atoms with van der Waals surface area (Å²) >= 11 is 0. The lowest BCUT2D eigenvalue weighted by molar-refractivity contribution is -0.384. The smallest absolute Gasteiger partial charge is 0.273 e. The Bertz CT molecular complexity index is 734. The van der Waals surface area contributed by atoms with Crippen molar-refractivity contribution in [3.05, 3.63) is 64.2 Å². The van der Waals surface area contributed by atoms with Gasteiger partial charge in [-0.15, -0.1) is 0 Å². The summed E-state index contributed by atoms with van der Waals surface area (Å²) in [5.41, 5.74) is 2.42. The predicted molar refractivity (Wildman–Crippen MR) is 91.7 cm³/mol. The maximum Gasteiger partial charge on any atom is 0.273 e. The van der Waals surface area contributed by atoms with Gasteiger partial charge in [-0.05, 0) is 17.7 Å². The van der Waals surface area contributed by atoms with E-state index in [4.69, 9.17) is 4.74 Å². The summed E-state index contributed by atoms with van der Waals surface area (Å²) in [6, 6.07) is 14.2. The van der Waals surface area contributed by atoms with Gasteiger partial charge in [0.05, 0.1) is 11.0 Å². The predicted octanol–water partition coefficient (Wildman–Crippen LogP) is 2.96. The molecule has 126 valence electrons. The summed E-state index contributed by atoms with van der Waals surface area (Å²) in [6.45, 7) is 3.60. The fourth-order valence-electron chi connectivity index (χ4n) is 3.08. The van der Waals surface area contributed by atoms with Gasteiger partial charge in [-0.2, -0.15) is 0 Å². The van der Waals surface area contributed by atoms with Crippen LogP contribution in [0.25, 0.3) is 0 Å². The molecule has 0 spiro atoms. The monoisotopic (exact) mass is 328 g/mol. The minimum Gasteiger partial charge on any atom is -0.491 e. The zero-order valence-electron chi connectivity index (χ0n) is 13.5. The first kappa shape index (κ1) is 16.3. The van der Waals surface area contributed by atoms with E-state index in [1.165, 1.54) is 17.7 Å². The molecule has 0 saturated carbocycles. The number of nitrogens with zero attached hydrogens (tertiary/aromatic N) is 2. The van der Waals surface area contributed by atoms with E-state index in [1.807, 2.05) is 12.1 Å². The molecule has 2 unspecified atom stereocenters. The Morgan fingerprint density at radius 1 is 1.33 bits per heavy atom. The number of benzene rings is 2. The van der Waals surface area contributed by atoms with E-state index in [2.05, 4.69) is 24.0 Å². The number of ether oxygens (including phenoxy) is 1. The Balaban J connectivity index is 1.58. The van der Waals surface area contributed by atoms with Crippen LogP contribution in [0.1, 0.15) is 18.4 Å². The van der Waals surface area contributed by atoms with Crippen molar-refractivity contribution in [1.29, 1.82) is 0 Å². The number of para-hydroxylation sites is 1. The van der Waals surface area contributed by atoms with Crippen LogP contribution in [0.3, 0.4) is 0 Å². The largest absolute Gasteiger partial charge is 0.491 e. The maximum atomic E-state index is 10.8. The third-order valence-electron chi connectivity index (χ3n) is 4.20. The Hall–Kier alpha value is -2.60. The van der Waals surface area contributed by atoms with Crippen LogP contribution in [0.5, 0.6) is 5.75 Å². The van der Waals surface area contributed by atoms with Gasteiger partial charge in [-0.1, -0.05) is 31.2 Å². The Kier molecular flexibility index (Phi) is 4.66. The van der Waals surface area contributed by atoms with Gasteiger partial charge in [-0.25, -0.2) is 0 Å². The van der Waals surface area contributed by atoms with Gasteiger partial charge >= 0.3 is 0 Å². The van der Waals surface area contributed by atoms with Crippen LogP contribution in [-0.4, -0.2) is 35.8 Å². The van der Waals surface area contributed by atoms with E-state index in [0.717, 1.165) is 12.2 Å². The van der Waals surface area contributed by atoms with Crippen LogP contribution < -0.4 is 9.64 Å². The summed E-state index contributed by atoms with van der Waals surface area (Å²) < 4.78 is 5.50. The Morgan fingerprint density at radius 2 is 2.12 bits per heavy atom. The molecule has 0 radical (unpaired) electrons. The quantitative estimate of drug-likeness (QED) is 0.652. The van der Waals surface area contributed by atoms with Crippen molar-refractivity contribution >= 4 is 11.4 Å². The van der Waals surface area contributed by atoms with E-state index in [9.17, 15) is 15.2 Å². The Morgan fingerprint density at radius 3 is 2.92 bits per heavy atom. The van der Waals surface area contributed by atoms with Crippen LogP contribution in [0.2, 0.25) is 0 Å². The molecule has 0 amide bonds. The van der Waals surface area contributed by atoms with Crippen molar-refractivity contribution in [2.24, 2.45) is 0 Å². The van der Waals surface area contributed by atoms with Gasteiger partial charge < -0.3 is 14.7 Å². The normalized spacial score (nSPS) is 17.4. The number of β-amino-alcohol motifs (C(OH)–C–C–N with tert-alkyl or cyclic N) is 1. The molecule has 2 aromatic carbocycles. The van der Waals surface area contributed by atoms with Gasteiger partial charge in [0, 0.05) is 30.8 Å². The minimum absolute atomic E-state index is 0.0238. The summed E-state index contributed by atoms with van der Waals surface area (Å²) in [6.07, 6.45) is -0.678. The molecule has 0 aliphatic carbocycles. The molecule has 1 N–H and O–H groups in total. The van der Waals surface area contributed by atoms with Crippen LogP contribution in [-0.2, 0) is 0 Å². The highest BCUT2D eigenvalue weighted by atomic mass is 16.6. The van der Waals surface area contributed by atoms with Gasteiger partial charge in [-0.3, -0.25) is 10.1 Å². The SMILES string of the molecule is CC1CN(CC(O)COc2cccc([N+](=O)[O-])c2)c2ccccc21. The second-order valence-electron chi connectivity index (χ2n) is 6.08. The number of nitro benzene ring substituents is 1. The summed E-state index contributed by atoms with van der Waals surface area (Å²) in [5, 5.41) is 21.0. The number of aliphatic hydroxyl groups excluding tert-OH is 1. The molecule has 2 atom stereocenters. The molecule has 1 heterocycles. The number of non-ortho nitro benzene ring substituents is 1. The topological polar surface area (TPSA) is 75.8 Å². The number of rotatable bonds is 6. The highest BCUT2D eigenvalue weighted by Crippen LogP contribution is 2.35. The molecule has 24 heavy (non-hydrogen) atoms. The van der Waals surface area contributed by atoms with Crippen molar-refractivity contribution in [2.75, 3.05) is 24.6 Å². The fourth-order valence-corrected chi connectivity index (χ4v) is 3.08. The second kappa shape index (κ2) is 6.88. The molecule has 1 aliphatic heterocycles. The summed E-state index contributed by atoms with van der Waals surface area (Å²) in [4.78, 5) is 12.5. The van der Waals surface area contributed by atoms with Crippen molar-refractivity contribution in [2.45, 2.75) is 18.9 Å². The standard InChI is InChI=1S/C18H20N2O4/c1-13-10-19(18-8-3-2-7-17(13)18)11-15(21)12-24-16-6-4-5-14(9-16)20(22)23/h2-9,13,15,21H,10-12H2,1H3. The van der Waals surface area contributed by atoms with Crippen LogP contribution in [0.15, 0.2) is 48.5 Å². The zero-order valence-corrected chi connectivity index (χ0v) is 13.5. The molecule has 0 aromatic heterocycles. The van der Waals surface area contributed by atoms with Crippen molar-refractivity contribution in [1.82, 2.24) is 0 Å². The maximum absolute atomic E-state index is 10.8. The highest BCUT2D eigenvalue weighted by Gasteiger charge is 2.26. The number of hydrogen-bond donors (Lipinski definition) is 1. The summed E-state index contributed by atoms with van der Waals surface area (Å²) in [7, 11) is 0. The van der Waals surface area contributed by atoms with Gasteiger partial charge in [0.2, 0.25) is 0 Å². The first-order valence-electron chi connectivity index (χ1n) is 7.94. The number of aliphatic hydroxyl groups is 1. The lowest BCUT2D eigenvalue weighted by Crippen LogP contribution is -2.34. The van der Waals surface area contributed by atoms with Crippen molar-refractivity contribution in [3.8, 4) is 5.75 Å². The third-order valence-corrected chi connectivity index (χ3v) is 4.20. The van der Waals surface area contributed by atoms with Gasteiger partial charge in [0.1, 0.15) is 18.5 Å². The van der Waals surface area contributed by atoms with E-state index >= 15 is 0 Å². The van der Waals surface area contributed by atoms with E-state index in [1.54, 1.807) is 12.1 Å². The van der Waals surface area contributed by atoms with Crippen molar-refractivity contribution in [3.63, 3.8) is 0 Å². The second-order valence-corrected chi connectivity index (χ2v) is 6.08. The molecular weight excluding hydrogens is 308 g/mol. The van der Waals surface area contributed by atoms with Crippen LogP contribution >= 0.6 is 0 Å². The van der Waals surface area contributed by atoms with E-state index < -0.39 is 11.0 Å². The number of anilines is 1. The highest BCUT2D eigenvalue weighted by molar-refractivity contribution is 5.59. The fraction of sp³-hybridized carbons (Fsp3) is 0.333. The Labute approximate surface area is 140 Å². The molecule has 3 rings (SSSR count). The molecule has 6 heteroatoms. The molecule has 0 saturated heterocycles.